The van der Waals surface area contributed by atoms with Gasteiger partial charge < -0.3 is 10.4 Å². The second-order valence-electron chi connectivity index (χ2n) is 6.75. The highest BCUT2D eigenvalue weighted by atomic mass is 32.2. The molecule has 3 rings (SSSR count). The van der Waals surface area contributed by atoms with Crippen LogP contribution in [0.25, 0.3) is 10.8 Å². The van der Waals surface area contributed by atoms with Crippen molar-refractivity contribution < 1.29 is 22.3 Å². The van der Waals surface area contributed by atoms with Gasteiger partial charge in [-0.05, 0) is 36.6 Å². The second-order valence-corrected chi connectivity index (χ2v) is 8.46. The number of aliphatic hydroxyl groups is 1. The fraction of sp³-hybridized carbons (Fsp3) is 0.250. The summed E-state index contributed by atoms with van der Waals surface area (Å²) in [5, 5.41) is 14.5. The molecule has 3 N–H and O–H groups in total. The van der Waals surface area contributed by atoms with Crippen LogP contribution in [0.2, 0.25) is 0 Å². The molecule has 0 aliphatic carbocycles. The maximum absolute atomic E-state index is 13.7. The van der Waals surface area contributed by atoms with Crippen LogP contribution >= 0.6 is 0 Å². The molecule has 0 saturated heterocycles. The third-order valence-corrected chi connectivity index (χ3v) is 5.98. The quantitative estimate of drug-likeness (QED) is 0.520. The molecule has 0 spiro atoms. The van der Waals surface area contributed by atoms with Crippen molar-refractivity contribution in [3.8, 4) is 0 Å². The zero-order valence-corrected chi connectivity index (χ0v) is 16.5. The molecule has 0 fully saturated rings. The number of hydrogen-bond donors (Lipinski definition) is 3. The molecular weight excluding hydrogens is 400 g/mol. The number of halogens is 2. The Morgan fingerprint density at radius 1 is 1.07 bits per heavy atom. The van der Waals surface area contributed by atoms with E-state index >= 15 is 0 Å². The first-order valence-corrected chi connectivity index (χ1v) is 10.4. The zero-order valence-electron chi connectivity index (χ0n) is 15.6. The van der Waals surface area contributed by atoms with Crippen LogP contribution in [-0.4, -0.2) is 37.6 Å². The minimum Gasteiger partial charge on any atom is -0.387 e. The van der Waals surface area contributed by atoms with Crippen molar-refractivity contribution >= 4 is 20.8 Å². The van der Waals surface area contributed by atoms with Gasteiger partial charge in [0, 0.05) is 48.5 Å². The summed E-state index contributed by atoms with van der Waals surface area (Å²) in [5.41, 5.74) is -0.0298. The summed E-state index contributed by atoms with van der Waals surface area (Å²) in [6, 6.07) is 8.96. The molecule has 9 heteroatoms. The number of aromatic nitrogens is 1. The van der Waals surface area contributed by atoms with Crippen LogP contribution in [0.1, 0.15) is 18.6 Å². The lowest BCUT2D eigenvalue weighted by Gasteiger charge is -2.17. The van der Waals surface area contributed by atoms with Gasteiger partial charge in [0.05, 0.1) is 11.0 Å². The molecule has 0 saturated carbocycles. The predicted octanol–water partition coefficient (Wildman–Crippen LogP) is 2.50. The molecule has 0 radical (unpaired) electrons. The van der Waals surface area contributed by atoms with E-state index in [0.29, 0.717) is 6.07 Å². The highest BCUT2D eigenvalue weighted by molar-refractivity contribution is 7.89. The minimum atomic E-state index is -3.74. The van der Waals surface area contributed by atoms with E-state index in [2.05, 4.69) is 15.0 Å². The lowest BCUT2D eigenvalue weighted by molar-refractivity contribution is 0.169. The second kappa shape index (κ2) is 8.91. The Morgan fingerprint density at radius 2 is 1.86 bits per heavy atom. The predicted molar refractivity (Wildman–Crippen MR) is 106 cm³/mol. The first-order chi connectivity index (χ1) is 13.8. The number of nitrogens with zero attached hydrogens (tertiary/aromatic N) is 1. The average molecular weight is 421 g/mol. The smallest absolute Gasteiger partial charge is 0.240 e. The van der Waals surface area contributed by atoms with E-state index in [1.165, 1.54) is 12.1 Å². The number of aliphatic hydroxyl groups excluding tert-OH is 1. The summed E-state index contributed by atoms with van der Waals surface area (Å²) in [6.45, 7) is 1.86. The Labute approximate surface area is 167 Å². The summed E-state index contributed by atoms with van der Waals surface area (Å²) < 4.78 is 54.4. The third-order valence-electron chi connectivity index (χ3n) is 4.39. The summed E-state index contributed by atoms with van der Waals surface area (Å²) in [7, 11) is -3.74. The SMILES string of the molecule is C[C@H](CNCC(O)c1ccc(F)cc1F)NS(=O)(=O)c1ccc2cnccc2c1. The summed E-state index contributed by atoms with van der Waals surface area (Å²) in [5.74, 6) is -1.56. The number of fused-ring (bicyclic) bond motifs is 1. The molecule has 1 unspecified atom stereocenters. The number of pyridine rings is 1. The monoisotopic (exact) mass is 421 g/mol. The fourth-order valence-electron chi connectivity index (χ4n) is 2.92. The minimum absolute atomic E-state index is 0.0163. The number of sulfonamides is 1. The van der Waals surface area contributed by atoms with Crippen LogP contribution in [-0.2, 0) is 10.0 Å². The van der Waals surface area contributed by atoms with E-state index in [1.807, 2.05) is 0 Å². The Morgan fingerprint density at radius 3 is 2.62 bits per heavy atom. The van der Waals surface area contributed by atoms with Gasteiger partial charge >= 0.3 is 0 Å². The largest absolute Gasteiger partial charge is 0.387 e. The lowest BCUT2D eigenvalue weighted by atomic mass is 10.1. The van der Waals surface area contributed by atoms with Gasteiger partial charge in [0.1, 0.15) is 11.6 Å². The van der Waals surface area contributed by atoms with Crippen molar-refractivity contribution in [2.45, 2.75) is 24.0 Å². The van der Waals surface area contributed by atoms with E-state index in [0.717, 1.165) is 16.8 Å². The van der Waals surface area contributed by atoms with E-state index < -0.39 is 33.8 Å². The number of nitrogens with one attached hydrogen (secondary N) is 2. The van der Waals surface area contributed by atoms with E-state index in [1.54, 1.807) is 37.5 Å². The van der Waals surface area contributed by atoms with Crippen molar-refractivity contribution in [3.63, 3.8) is 0 Å². The molecule has 1 aromatic heterocycles. The van der Waals surface area contributed by atoms with Crippen molar-refractivity contribution in [1.29, 1.82) is 0 Å². The van der Waals surface area contributed by atoms with E-state index in [4.69, 9.17) is 0 Å². The molecule has 1 heterocycles. The van der Waals surface area contributed by atoms with Crippen molar-refractivity contribution in [1.82, 2.24) is 15.0 Å². The van der Waals surface area contributed by atoms with Crippen molar-refractivity contribution in [2.75, 3.05) is 13.1 Å². The van der Waals surface area contributed by atoms with Crippen LogP contribution in [0.15, 0.2) is 59.8 Å². The summed E-state index contributed by atoms with van der Waals surface area (Å²) in [6.07, 6.45) is 2.06. The fourth-order valence-corrected chi connectivity index (χ4v) is 4.20. The van der Waals surface area contributed by atoms with Crippen molar-refractivity contribution in [3.05, 3.63) is 72.1 Å². The maximum atomic E-state index is 13.7. The van der Waals surface area contributed by atoms with Crippen LogP contribution in [0.3, 0.4) is 0 Å². The molecule has 0 aliphatic rings. The van der Waals surface area contributed by atoms with Gasteiger partial charge in [0.2, 0.25) is 10.0 Å². The highest BCUT2D eigenvalue weighted by Gasteiger charge is 2.18. The Hall–Kier alpha value is -2.46. The lowest BCUT2D eigenvalue weighted by Crippen LogP contribution is -2.40. The first kappa shape index (κ1) is 21.3. The Bertz CT molecular complexity index is 1110. The van der Waals surface area contributed by atoms with Crippen molar-refractivity contribution in [2.24, 2.45) is 0 Å². The maximum Gasteiger partial charge on any atom is 0.240 e. The van der Waals surface area contributed by atoms with Gasteiger partial charge in [-0.15, -0.1) is 0 Å². The first-order valence-electron chi connectivity index (χ1n) is 8.96. The average Bonchev–Trinajstić information content (AvgIpc) is 2.67. The number of hydrogen-bond acceptors (Lipinski definition) is 5. The summed E-state index contributed by atoms with van der Waals surface area (Å²) >= 11 is 0. The Kier molecular flexibility index (Phi) is 6.53. The van der Waals surface area contributed by atoms with E-state index in [-0.39, 0.29) is 23.5 Å². The number of rotatable bonds is 8. The van der Waals surface area contributed by atoms with E-state index in [9.17, 15) is 22.3 Å². The highest BCUT2D eigenvalue weighted by Crippen LogP contribution is 2.19. The van der Waals surface area contributed by atoms with Crippen LogP contribution < -0.4 is 10.0 Å². The topological polar surface area (TPSA) is 91.3 Å². The van der Waals surface area contributed by atoms with Crippen LogP contribution in [0.5, 0.6) is 0 Å². The molecule has 29 heavy (non-hydrogen) atoms. The molecular formula is C20H21F2N3O3S. The Balaban J connectivity index is 1.57. The van der Waals surface area contributed by atoms with Gasteiger partial charge in [-0.1, -0.05) is 12.1 Å². The van der Waals surface area contributed by atoms with Gasteiger partial charge in [-0.25, -0.2) is 21.9 Å². The van der Waals surface area contributed by atoms with Gasteiger partial charge in [-0.2, -0.15) is 0 Å². The van der Waals surface area contributed by atoms with Gasteiger partial charge in [0.25, 0.3) is 0 Å². The standard InChI is InChI=1S/C20H21F2N3O3S/c1-13(10-24-12-20(26)18-5-3-16(21)9-19(18)22)25-29(27,28)17-4-2-15-11-23-7-6-14(15)8-17/h2-9,11,13,20,24-26H,10,12H2,1H3/t13-,20?/m1/s1. The van der Waals surface area contributed by atoms with Gasteiger partial charge in [0.15, 0.2) is 0 Å². The normalized spacial score (nSPS) is 14.1. The molecule has 0 bridgehead atoms. The molecule has 6 nitrogen and oxygen atoms in total. The van der Waals surface area contributed by atoms with Gasteiger partial charge in [-0.3, -0.25) is 4.98 Å². The molecule has 3 aromatic rings. The molecule has 0 amide bonds. The van der Waals surface area contributed by atoms with Crippen LogP contribution in [0, 0.1) is 11.6 Å². The van der Waals surface area contributed by atoms with Crippen LogP contribution in [0.4, 0.5) is 8.78 Å². The summed E-state index contributed by atoms with van der Waals surface area (Å²) in [4.78, 5) is 4.13. The molecule has 2 aromatic carbocycles. The molecule has 0 aliphatic heterocycles. The third kappa shape index (κ3) is 5.33. The zero-order chi connectivity index (χ0) is 21.0. The molecule has 2 atom stereocenters. The number of benzene rings is 2. The molecule has 154 valence electrons.